The van der Waals surface area contributed by atoms with Crippen LogP contribution in [0.1, 0.15) is 10.4 Å². The van der Waals surface area contributed by atoms with Gasteiger partial charge in [-0.3, -0.25) is 4.79 Å². The van der Waals surface area contributed by atoms with E-state index in [1.807, 2.05) is 0 Å². The number of carbonyl (C=O) groups excluding carboxylic acids is 1. The van der Waals surface area contributed by atoms with Gasteiger partial charge >= 0.3 is 0 Å². The zero-order valence-electron chi connectivity index (χ0n) is 7.09. The van der Waals surface area contributed by atoms with E-state index in [1.54, 1.807) is 32.4 Å². The Balaban J connectivity index is 2.93. The molecule has 0 aromatic carbocycles. The van der Waals surface area contributed by atoms with E-state index in [4.69, 9.17) is 0 Å². The zero-order valence-corrected chi connectivity index (χ0v) is 7.09. The number of nitrogens with zero attached hydrogens (tertiary/aromatic N) is 1. The monoisotopic (exact) mass is 165 g/mol. The summed E-state index contributed by atoms with van der Waals surface area (Å²) in [5.41, 5.74) is 0.608. The molecule has 64 valence electrons. The molecule has 0 aliphatic rings. The molecule has 0 bridgehead atoms. The van der Waals surface area contributed by atoms with Crippen molar-refractivity contribution in [2.45, 2.75) is 0 Å². The minimum absolute atomic E-state index is 0.103. The molecule has 0 saturated heterocycles. The van der Waals surface area contributed by atoms with Crippen LogP contribution in [0.4, 0.5) is 5.82 Å². The van der Waals surface area contributed by atoms with Crippen molar-refractivity contribution >= 4 is 11.7 Å². The van der Waals surface area contributed by atoms with Crippen LogP contribution in [-0.2, 0) is 0 Å². The van der Waals surface area contributed by atoms with E-state index >= 15 is 0 Å². The summed E-state index contributed by atoms with van der Waals surface area (Å²) in [6.45, 7) is 0. The molecular weight excluding hydrogens is 154 g/mol. The molecule has 0 fully saturated rings. The van der Waals surface area contributed by atoms with Gasteiger partial charge < -0.3 is 10.6 Å². The molecule has 4 nitrogen and oxygen atoms in total. The first-order chi connectivity index (χ1) is 5.77. The maximum atomic E-state index is 11.1. The minimum Gasteiger partial charge on any atom is -0.373 e. The van der Waals surface area contributed by atoms with E-state index in [1.165, 1.54) is 0 Å². The van der Waals surface area contributed by atoms with E-state index in [-0.39, 0.29) is 5.91 Å². The lowest BCUT2D eigenvalue weighted by atomic mass is 10.2. The van der Waals surface area contributed by atoms with Crippen LogP contribution in [0.25, 0.3) is 0 Å². The normalized spacial score (nSPS) is 9.17. The largest absolute Gasteiger partial charge is 0.373 e. The van der Waals surface area contributed by atoms with Gasteiger partial charge in [0.2, 0.25) is 0 Å². The summed E-state index contributed by atoms with van der Waals surface area (Å²) in [6.07, 6.45) is 1.59. The predicted octanol–water partition coefficient (Wildman–Crippen LogP) is 0.483. The Morgan fingerprint density at radius 3 is 2.83 bits per heavy atom. The summed E-state index contributed by atoms with van der Waals surface area (Å²) in [4.78, 5) is 15.1. The standard InChI is InChI=1S/C8H11N3O/c1-9-7-5-6(3-4-11-7)8(12)10-2/h3-5H,1-2H3,(H,9,11)(H,10,12). The van der Waals surface area contributed by atoms with Gasteiger partial charge in [0.05, 0.1) is 0 Å². The second kappa shape index (κ2) is 3.71. The Labute approximate surface area is 71.0 Å². The van der Waals surface area contributed by atoms with Gasteiger partial charge in [-0.2, -0.15) is 0 Å². The fourth-order valence-electron chi connectivity index (χ4n) is 0.853. The van der Waals surface area contributed by atoms with Crippen LogP contribution in [-0.4, -0.2) is 25.0 Å². The number of amides is 1. The number of hydrogen-bond donors (Lipinski definition) is 2. The maximum absolute atomic E-state index is 11.1. The lowest BCUT2D eigenvalue weighted by Crippen LogP contribution is -2.17. The van der Waals surface area contributed by atoms with Gasteiger partial charge in [0.25, 0.3) is 5.91 Å². The predicted molar refractivity (Wildman–Crippen MR) is 47.2 cm³/mol. The van der Waals surface area contributed by atoms with E-state index in [0.29, 0.717) is 11.4 Å². The molecule has 0 aliphatic carbocycles. The molecule has 4 heteroatoms. The highest BCUT2D eigenvalue weighted by molar-refractivity contribution is 5.94. The van der Waals surface area contributed by atoms with Gasteiger partial charge in [0, 0.05) is 25.9 Å². The third-order valence-electron chi connectivity index (χ3n) is 1.51. The Kier molecular flexibility index (Phi) is 2.63. The second-order valence-corrected chi connectivity index (χ2v) is 2.26. The van der Waals surface area contributed by atoms with Crippen molar-refractivity contribution in [2.24, 2.45) is 0 Å². The van der Waals surface area contributed by atoms with Crippen molar-refractivity contribution in [1.29, 1.82) is 0 Å². The number of carbonyl (C=O) groups is 1. The molecule has 0 radical (unpaired) electrons. The molecule has 0 unspecified atom stereocenters. The molecule has 1 aromatic rings. The summed E-state index contributed by atoms with van der Waals surface area (Å²) >= 11 is 0. The van der Waals surface area contributed by atoms with Gasteiger partial charge in [-0.15, -0.1) is 0 Å². The quantitative estimate of drug-likeness (QED) is 0.670. The summed E-state index contributed by atoms with van der Waals surface area (Å²) < 4.78 is 0. The van der Waals surface area contributed by atoms with Crippen LogP contribution in [0.5, 0.6) is 0 Å². The summed E-state index contributed by atoms with van der Waals surface area (Å²) in [5, 5.41) is 5.39. The van der Waals surface area contributed by atoms with Crippen molar-refractivity contribution in [2.75, 3.05) is 19.4 Å². The third kappa shape index (κ3) is 1.72. The Bertz CT molecular complexity index is 285. The van der Waals surface area contributed by atoms with Crippen molar-refractivity contribution in [3.8, 4) is 0 Å². The van der Waals surface area contributed by atoms with Crippen LogP contribution < -0.4 is 10.6 Å². The molecule has 1 rings (SSSR count). The first-order valence-electron chi connectivity index (χ1n) is 3.64. The number of hydrogen-bond acceptors (Lipinski definition) is 3. The highest BCUT2D eigenvalue weighted by atomic mass is 16.1. The smallest absolute Gasteiger partial charge is 0.251 e. The number of anilines is 1. The lowest BCUT2D eigenvalue weighted by molar-refractivity contribution is 0.0963. The van der Waals surface area contributed by atoms with Gasteiger partial charge in [-0.05, 0) is 12.1 Å². The average molecular weight is 165 g/mol. The summed E-state index contributed by atoms with van der Waals surface area (Å²) in [6, 6.07) is 3.36. The number of rotatable bonds is 2. The molecule has 1 amide bonds. The molecule has 2 N–H and O–H groups in total. The van der Waals surface area contributed by atoms with Crippen LogP contribution in [0.3, 0.4) is 0 Å². The van der Waals surface area contributed by atoms with Gasteiger partial charge in [0.15, 0.2) is 0 Å². The van der Waals surface area contributed by atoms with Gasteiger partial charge in [-0.25, -0.2) is 4.98 Å². The highest BCUT2D eigenvalue weighted by Crippen LogP contribution is 2.04. The van der Waals surface area contributed by atoms with Gasteiger partial charge in [-0.1, -0.05) is 0 Å². The average Bonchev–Trinajstić information content (AvgIpc) is 2.17. The molecule has 1 aromatic heterocycles. The Morgan fingerprint density at radius 2 is 2.25 bits per heavy atom. The molecule has 0 atom stereocenters. The van der Waals surface area contributed by atoms with Crippen molar-refractivity contribution in [1.82, 2.24) is 10.3 Å². The highest BCUT2D eigenvalue weighted by Gasteiger charge is 2.02. The molecule has 0 aliphatic heterocycles. The Morgan fingerprint density at radius 1 is 1.50 bits per heavy atom. The SMILES string of the molecule is CNC(=O)c1ccnc(NC)c1. The maximum Gasteiger partial charge on any atom is 0.251 e. The fraction of sp³-hybridized carbons (Fsp3) is 0.250. The number of aromatic nitrogens is 1. The van der Waals surface area contributed by atoms with Gasteiger partial charge in [0.1, 0.15) is 5.82 Å². The van der Waals surface area contributed by atoms with Crippen LogP contribution in [0.2, 0.25) is 0 Å². The second-order valence-electron chi connectivity index (χ2n) is 2.26. The van der Waals surface area contributed by atoms with E-state index in [0.717, 1.165) is 0 Å². The topological polar surface area (TPSA) is 54.0 Å². The van der Waals surface area contributed by atoms with Crippen molar-refractivity contribution < 1.29 is 4.79 Å². The molecule has 12 heavy (non-hydrogen) atoms. The van der Waals surface area contributed by atoms with E-state index in [9.17, 15) is 4.79 Å². The number of nitrogens with one attached hydrogen (secondary N) is 2. The number of pyridine rings is 1. The summed E-state index contributed by atoms with van der Waals surface area (Å²) in [5.74, 6) is 0.588. The van der Waals surface area contributed by atoms with Crippen LogP contribution in [0, 0.1) is 0 Å². The molecule has 1 heterocycles. The first kappa shape index (κ1) is 8.52. The van der Waals surface area contributed by atoms with Crippen LogP contribution >= 0.6 is 0 Å². The summed E-state index contributed by atoms with van der Waals surface area (Å²) in [7, 11) is 3.36. The Hall–Kier alpha value is -1.58. The van der Waals surface area contributed by atoms with Crippen molar-refractivity contribution in [3.63, 3.8) is 0 Å². The van der Waals surface area contributed by atoms with Crippen molar-refractivity contribution in [3.05, 3.63) is 23.9 Å². The third-order valence-corrected chi connectivity index (χ3v) is 1.51. The molecule has 0 spiro atoms. The molecular formula is C8H11N3O. The van der Waals surface area contributed by atoms with E-state index in [2.05, 4.69) is 15.6 Å². The first-order valence-corrected chi connectivity index (χ1v) is 3.64. The zero-order chi connectivity index (χ0) is 8.97. The fourth-order valence-corrected chi connectivity index (χ4v) is 0.853. The lowest BCUT2D eigenvalue weighted by Gasteiger charge is -2.01. The van der Waals surface area contributed by atoms with Crippen LogP contribution in [0.15, 0.2) is 18.3 Å². The van der Waals surface area contributed by atoms with E-state index < -0.39 is 0 Å². The minimum atomic E-state index is -0.103. The molecule has 0 saturated carbocycles.